The number of carbonyl (C=O) groups is 1. The average molecular weight is 492 g/mol. The van der Waals surface area contributed by atoms with Crippen molar-refractivity contribution < 1.29 is 19.0 Å². The number of methoxy groups -OCH3 is 1. The van der Waals surface area contributed by atoms with Gasteiger partial charge >= 0.3 is 5.97 Å². The molecular weight excluding hydrogens is 454 g/mol. The number of anilines is 1. The van der Waals surface area contributed by atoms with Gasteiger partial charge in [0.05, 0.1) is 25.5 Å². The molecule has 1 aliphatic carbocycles. The van der Waals surface area contributed by atoms with Crippen molar-refractivity contribution in [3.63, 3.8) is 0 Å². The Morgan fingerprint density at radius 2 is 1.81 bits per heavy atom. The van der Waals surface area contributed by atoms with Gasteiger partial charge in [-0.2, -0.15) is 0 Å². The summed E-state index contributed by atoms with van der Waals surface area (Å²) in [4.78, 5) is 21.8. The fourth-order valence-corrected chi connectivity index (χ4v) is 5.82. The van der Waals surface area contributed by atoms with Crippen LogP contribution in [0.1, 0.15) is 55.7 Å². The number of benzene rings is 2. The molecule has 0 radical (unpaired) electrons. The van der Waals surface area contributed by atoms with Crippen LogP contribution < -0.4 is 14.4 Å². The molecule has 36 heavy (non-hydrogen) atoms. The summed E-state index contributed by atoms with van der Waals surface area (Å²) in [6.45, 7) is 8.29. The van der Waals surface area contributed by atoms with E-state index < -0.39 is 0 Å². The molecule has 3 unspecified atom stereocenters. The molecule has 192 valence electrons. The predicted octanol–water partition coefficient (Wildman–Crippen LogP) is 4.26. The van der Waals surface area contributed by atoms with Crippen molar-refractivity contribution in [1.82, 2.24) is 4.90 Å². The molecule has 2 aliphatic heterocycles. The summed E-state index contributed by atoms with van der Waals surface area (Å²) < 4.78 is 17.3. The quantitative estimate of drug-likeness (QED) is 0.563. The fourth-order valence-electron chi connectivity index (χ4n) is 5.82. The minimum absolute atomic E-state index is 0.0751. The first-order valence-electron chi connectivity index (χ1n) is 13.1. The van der Waals surface area contributed by atoms with Gasteiger partial charge in [0.25, 0.3) is 0 Å². The molecule has 0 spiro atoms. The molecule has 0 aromatic heterocycles. The lowest BCUT2D eigenvalue weighted by Crippen LogP contribution is -2.44. The monoisotopic (exact) mass is 491 g/mol. The fraction of sp³-hybridized carbons (Fsp3) is 0.517. The molecule has 3 aliphatic rings. The molecule has 2 aromatic carbocycles. The Kier molecular flexibility index (Phi) is 7.19. The number of nitrogens with zero attached hydrogens (tertiary/aromatic N) is 3. The Hall–Kier alpha value is -3.06. The van der Waals surface area contributed by atoms with Crippen LogP contribution in [0.2, 0.25) is 0 Å². The van der Waals surface area contributed by atoms with Gasteiger partial charge in [0.2, 0.25) is 0 Å². The molecule has 0 amide bonds. The third-order valence-corrected chi connectivity index (χ3v) is 7.69. The van der Waals surface area contributed by atoms with Gasteiger partial charge in [-0.3, -0.25) is 9.79 Å². The van der Waals surface area contributed by atoms with Crippen LogP contribution in [0.5, 0.6) is 11.5 Å². The van der Waals surface area contributed by atoms with E-state index in [0.29, 0.717) is 12.4 Å². The minimum atomic E-state index is -0.219. The molecule has 2 aromatic rings. The molecule has 0 N–H and O–H groups in total. The van der Waals surface area contributed by atoms with E-state index in [9.17, 15) is 4.79 Å². The van der Waals surface area contributed by atoms with Crippen LogP contribution in [-0.2, 0) is 9.53 Å². The van der Waals surface area contributed by atoms with Gasteiger partial charge in [0.15, 0.2) is 11.5 Å². The number of likely N-dealkylation sites (N-methyl/N-ethyl adjacent to an activating group) is 1. The number of ether oxygens (including phenoxy) is 3. The van der Waals surface area contributed by atoms with E-state index in [1.165, 1.54) is 18.2 Å². The van der Waals surface area contributed by atoms with Crippen LogP contribution in [0.15, 0.2) is 41.4 Å². The van der Waals surface area contributed by atoms with Crippen molar-refractivity contribution in [2.24, 2.45) is 4.99 Å². The van der Waals surface area contributed by atoms with Crippen molar-refractivity contribution in [2.75, 3.05) is 51.8 Å². The lowest BCUT2D eigenvalue weighted by atomic mass is 9.74. The highest BCUT2D eigenvalue weighted by Crippen LogP contribution is 2.45. The van der Waals surface area contributed by atoms with Crippen LogP contribution >= 0.6 is 0 Å². The third kappa shape index (κ3) is 4.94. The first kappa shape index (κ1) is 24.6. The summed E-state index contributed by atoms with van der Waals surface area (Å²) in [7, 11) is 3.85. The zero-order chi connectivity index (χ0) is 25.2. The van der Waals surface area contributed by atoms with Crippen LogP contribution in [0.3, 0.4) is 0 Å². The Morgan fingerprint density at radius 3 is 2.47 bits per heavy atom. The summed E-state index contributed by atoms with van der Waals surface area (Å²) in [5, 5.41) is 0. The second-order valence-corrected chi connectivity index (χ2v) is 10.1. The van der Waals surface area contributed by atoms with Gasteiger partial charge < -0.3 is 24.0 Å². The van der Waals surface area contributed by atoms with E-state index in [4.69, 9.17) is 19.2 Å². The van der Waals surface area contributed by atoms with Crippen LogP contribution in [0, 0.1) is 0 Å². The Bertz CT molecular complexity index is 1120. The van der Waals surface area contributed by atoms with Crippen molar-refractivity contribution in [2.45, 2.75) is 51.2 Å². The van der Waals surface area contributed by atoms with Gasteiger partial charge in [0.1, 0.15) is 6.10 Å². The maximum atomic E-state index is 11.6. The largest absolute Gasteiger partial charge is 0.493 e. The number of hydrogen-bond acceptors (Lipinski definition) is 7. The summed E-state index contributed by atoms with van der Waals surface area (Å²) in [6, 6.07) is 13.2. The number of hydrogen-bond donors (Lipinski definition) is 0. The molecule has 5 rings (SSSR count). The van der Waals surface area contributed by atoms with E-state index in [2.05, 4.69) is 53.2 Å². The van der Waals surface area contributed by atoms with Gasteiger partial charge in [-0.25, -0.2) is 0 Å². The van der Waals surface area contributed by atoms with Gasteiger partial charge in [-0.15, -0.1) is 0 Å². The van der Waals surface area contributed by atoms with Crippen molar-refractivity contribution in [1.29, 1.82) is 0 Å². The highest BCUT2D eigenvalue weighted by Gasteiger charge is 2.38. The van der Waals surface area contributed by atoms with E-state index in [-0.39, 0.29) is 24.0 Å². The zero-order valence-corrected chi connectivity index (χ0v) is 21.8. The summed E-state index contributed by atoms with van der Waals surface area (Å²) >= 11 is 0. The maximum absolute atomic E-state index is 11.6. The van der Waals surface area contributed by atoms with E-state index in [0.717, 1.165) is 68.0 Å². The lowest BCUT2D eigenvalue weighted by molar-refractivity contribution is -0.148. The summed E-state index contributed by atoms with van der Waals surface area (Å²) in [5.74, 6) is 1.42. The first-order chi connectivity index (χ1) is 17.5. The topological polar surface area (TPSA) is 63.6 Å². The smallest absolute Gasteiger partial charge is 0.302 e. The Labute approximate surface area is 214 Å². The number of esters is 1. The first-order valence-corrected chi connectivity index (χ1v) is 13.1. The molecule has 2 fully saturated rings. The molecule has 1 saturated carbocycles. The van der Waals surface area contributed by atoms with E-state index in [1.807, 2.05) is 6.92 Å². The SMILES string of the molecule is CCOc1cc2c(cc1OC)C(c1ccc(N3CCN(C)CC3)cc1)=NC1CCC(OC(C)=O)CC21. The zero-order valence-electron chi connectivity index (χ0n) is 21.8. The average Bonchev–Trinajstić information content (AvgIpc) is 2.88. The number of aliphatic imine (C=N–C) groups is 1. The van der Waals surface area contributed by atoms with Crippen LogP contribution in [-0.4, -0.2) is 75.7 Å². The second-order valence-electron chi connectivity index (χ2n) is 10.1. The normalized spacial score (nSPS) is 23.8. The Morgan fingerprint density at radius 1 is 1.06 bits per heavy atom. The second kappa shape index (κ2) is 10.5. The van der Waals surface area contributed by atoms with Crippen molar-refractivity contribution >= 4 is 17.4 Å². The van der Waals surface area contributed by atoms with E-state index in [1.54, 1.807) is 7.11 Å². The molecule has 3 atom stereocenters. The van der Waals surface area contributed by atoms with Crippen LogP contribution in [0.25, 0.3) is 0 Å². The van der Waals surface area contributed by atoms with Gasteiger partial charge in [-0.05, 0) is 63.1 Å². The molecular formula is C29H37N3O4. The van der Waals surface area contributed by atoms with E-state index >= 15 is 0 Å². The number of piperazine rings is 1. The summed E-state index contributed by atoms with van der Waals surface area (Å²) in [5.41, 5.74) is 5.65. The number of rotatable bonds is 6. The highest BCUT2D eigenvalue weighted by atomic mass is 16.5. The molecule has 1 saturated heterocycles. The van der Waals surface area contributed by atoms with Crippen LogP contribution in [0.4, 0.5) is 5.69 Å². The minimum Gasteiger partial charge on any atom is -0.493 e. The molecule has 0 bridgehead atoms. The Balaban J connectivity index is 1.51. The lowest BCUT2D eigenvalue weighted by Gasteiger charge is -2.38. The molecule has 2 heterocycles. The molecule has 7 nitrogen and oxygen atoms in total. The third-order valence-electron chi connectivity index (χ3n) is 7.69. The highest BCUT2D eigenvalue weighted by molar-refractivity contribution is 6.15. The van der Waals surface area contributed by atoms with Crippen molar-refractivity contribution in [3.05, 3.63) is 53.1 Å². The number of fused-ring (bicyclic) bond motifs is 3. The van der Waals surface area contributed by atoms with Gasteiger partial charge in [-0.1, -0.05) is 12.1 Å². The standard InChI is InChI=1S/C29H37N3O4/c1-5-35-28-17-23-24-16-22(36-19(2)33)10-11-26(24)30-29(25(23)18-27(28)34-4)20-6-8-21(9-7-20)32-14-12-31(3)13-15-32/h6-9,17-18,22,24,26H,5,10-16H2,1-4H3. The summed E-state index contributed by atoms with van der Waals surface area (Å²) in [6.07, 6.45) is 2.42. The maximum Gasteiger partial charge on any atom is 0.302 e. The van der Waals surface area contributed by atoms with Crippen molar-refractivity contribution in [3.8, 4) is 11.5 Å². The molecule has 7 heteroatoms. The number of carbonyl (C=O) groups excluding carboxylic acids is 1. The predicted molar refractivity (Wildman–Crippen MR) is 142 cm³/mol. The van der Waals surface area contributed by atoms with Gasteiger partial charge in [0, 0.05) is 55.8 Å².